The third-order valence-corrected chi connectivity index (χ3v) is 5.66. The van der Waals surface area contributed by atoms with E-state index in [9.17, 15) is 0 Å². The summed E-state index contributed by atoms with van der Waals surface area (Å²) in [5, 5.41) is 3.75. The summed E-state index contributed by atoms with van der Waals surface area (Å²) in [5.41, 5.74) is 0.517. The van der Waals surface area contributed by atoms with Crippen LogP contribution < -0.4 is 5.32 Å². The monoisotopic (exact) mass is 285 g/mol. The van der Waals surface area contributed by atoms with E-state index in [2.05, 4.69) is 51.7 Å². The van der Waals surface area contributed by atoms with Crippen LogP contribution in [0.2, 0.25) is 0 Å². The Morgan fingerprint density at radius 2 is 1.79 bits per heavy atom. The van der Waals surface area contributed by atoms with Crippen molar-refractivity contribution in [3.8, 4) is 0 Å². The molecule has 114 valence electrons. The van der Waals surface area contributed by atoms with Crippen LogP contribution in [0.25, 0.3) is 0 Å². The third kappa shape index (κ3) is 7.04. The van der Waals surface area contributed by atoms with Crippen LogP contribution >= 0.6 is 11.8 Å². The molecule has 1 saturated carbocycles. The second-order valence-corrected chi connectivity index (χ2v) is 8.77. The predicted molar refractivity (Wildman–Crippen MR) is 90.0 cm³/mol. The van der Waals surface area contributed by atoms with Gasteiger partial charge in [0.25, 0.3) is 0 Å². The van der Waals surface area contributed by atoms with Gasteiger partial charge in [0, 0.05) is 6.04 Å². The van der Waals surface area contributed by atoms with Crippen molar-refractivity contribution in [2.75, 3.05) is 18.1 Å². The van der Waals surface area contributed by atoms with E-state index in [1.807, 2.05) is 0 Å². The Labute approximate surface area is 125 Å². The molecule has 1 unspecified atom stereocenters. The first-order chi connectivity index (χ1) is 8.93. The van der Waals surface area contributed by atoms with Crippen LogP contribution in [0.1, 0.15) is 66.7 Å². The fraction of sp³-hybridized carbons (Fsp3) is 1.00. The minimum absolute atomic E-state index is 0.517. The summed E-state index contributed by atoms with van der Waals surface area (Å²) in [5.74, 6) is 4.44. The molecule has 1 nitrogen and oxygen atoms in total. The quantitative estimate of drug-likeness (QED) is 0.663. The van der Waals surface area contributed by atoms with Gasteiger partial charge < -0.3 is 5.32 Å². The van der Waals surface area contributed by atoms with E-state index >= 15 is 0 Å². The molecule has 1 aliphatic rings. The molecular weight excluding hydrogens is 250 g/mol. The summed E-state index contributed by atoms with van der Waals surface area (Å²) in [6.45, 7) is 13.1. The van der Waals surface area contributed by atoms with Gasteiger partial charge in [-0.3, -0.25) is 0 Å². The molecular formula is C17H35NS. The number of hydrogen-bond donors (Lipinski definition) is 1. The fourth-order valence-corrected chi connectivity index (χ4v) is 3.92. The van der Waals surface area contributed by atoms with Gasteiger partial charge in [-0.25, -0.2) is 0 Å². The maximum atomic E-state index is 3.75. The number of thioether (sulfide) groups is 1. The molecule has 19 heavy (non-hydrogen) atoms. The summed E-state index contributed by atoms with van der Waals surface area (Å²) < 4.78 is 0. The van der Waals surface area contributed by atoms with Crippen molar-refractivity contribution in [3.05, 3.63) is 0 Å². The van der Waals surface area contributed by atoms with Gasteiger partial charge in [0.1, 0.15) is 0 Å². The zero-order chi connectivity index (χ0) is 14.3. The molecule has 0 saturated heterocycles. The van der Waals surface area contributed by atoms with E-state index in [0.29, 0.717) is 11.5 Å². The Hall–Kier alpha value is 0.310. The highest BCUT2D eigenvalue weighted by molar-refractivity contribution is 7.99. The molecule has 0 aromatic rings. The Morgan fingerprint density at radius 3 is 2.32 bits per heavy atom. The van der Waals surface area contributed by atoms with E-state index in [1.54, 1.807) is 0 Å². The van der Waals surface area contributed by atoms with E-state index in [1.165, 1.54) is 50.2 Å². The molecule has 1 atom stereocenters. The molecule has 0 amide bonds. The van der Waals surface area contributed by atoms with Crippen molar-refractivity contribution in [3.63, 3.8) is 0 Å². The molecule has 0 spiro atoms. The van der Waals surface area contributed by atoms with Crippen LogP contribution in [0.3, 0.4) is 0 Å². The van der Waals surface area contributed by atoms with Gasteiger partial charge >= 0.3 is 0 Å². The Kier molecular flexibility index (Phi) is 7.83. The van der Waals surface area contributed by atoms with Crippen LogP contribution in [0.15, 0.2) is 0 Å². The van der Waals surface area contributed by atoms with Crippen LogP contribution in [0, 0.1) is 17.3 Å². The van der Waals surface area contributed by atoms with Crippen LogP contribution in [0.5, 0.6) is 0 Å². The molecule has 0 heterocycles. The summed E-state index contributed by atoms with van der Waals surface area (Å²) >= 11 is 2.06. The lowest BCUT2D eigenvalue weighted by Gasteiger charge is -2.37. The lowest BCUT2D eigenvalue weighted by atomic mass is 9.70. The fourth-order valence-electron chi connectivity index (χ4n) is 3.11. The lowest BCUT2D eigenvalue weighted by molar-refractivity contribution is 0.148. The Morgan fingerprint density at radius 1 is 1.16 bits per heavy atom. The van der Waals surface area contributed by atoms with Gasteiger partial charge in [-0.2, -0.15) is 11.8 Å². The molecule has 2 heteroatoms. The van der Waals surface area contributed by atoms with Crippen LogP contribution in [-0.2, 0) is 0 Å². The van der Waals surface area contributed by atoms with Gasteiger partial charge in [-0.1, -0.05) is 27.7 Å². The van der Waals surface area contributed by atoms with E-state index in [-0.39, 0.29) is 0 Å². The standard InChI is InChI=1S/C17H35NS/c1-6-19-12-11-14(2)18-13-15-7-9-16(10-8-15)17(3,4)5/h14-16,18H,6-13H2,1-5H3. The first-order valence-corrected chi connectivity index (χ1v) is 9.40. The van der Waals surface area contributed by atoms with Crippen molar-refractivity contribution in [2.24, 2.45) is 17.3 Å². The topological polar surface area (TPSA) is 12.0 Å². The van der Waals surface area contributed by atoms with E-state index in [4.69, 9.17) is 0 Å². The molecule has 0 aromatic heterocycles. The zero-order valence-corrected chi connectivity index (χ0v) is 14.6. The largest absolute Gasteiger partial charge is 0.314 e. The maximum absolute atomic E-state index is 3.75. The molecule has 1 fully saturated rings. The minimum Gasteiger partial charge on any atom is -0.314 e. The van der Waals surface area contributed by atoms with Gasteiger partial charge in [0.05, 0.1) is 0 Å². The molecule has 0 aliphatic heterocycles. The summed E-state index contributed by atoms with van der Waals surface area (Å²) in [6.07, 6.45) is 7.07. The number of nitrogens with one attached hydrogen (secondary N) is 1. The van der Waals surface area contributed by atoms with Gasteiger partial charge in [-0.15, -0.1) is 0 Å². The minimum atomic E-state index is 0.517. The van der Waals surface area contributed by atoms with Crippen molar-refractivity contribution >= 4 is 11.8 Å². The summed E-state index contributed by atoms with van der Waals surface area (Å²) in [6, 6.07) is 0.694. The predicted octanol–water partition coefficient (Wildman–Crippen LogP) is 4.96. The first kappa shape index (κ1) is 17.4. The molecule has 0 radical (unpaired) electrons. The van der Waals surface area contributed by atoms with E-state index < -0.39 is 0 Å². The van der Waals surface area contributed by atoms with Gasteiger partial charge in [0.15, 0.2) is 0 Å². The van der Waals surface area contributed by atoms with Gasteiger partial charge in [-0.05, 0) is 74.3 Å². The van der Waals surface area contributed by atoms with E-state index in [0.717, 1.165) is 11.8 Å². The highest BCUT2D eigenvalue weighted by atomic mass is 32.2. The second kappa shape index (κ2) is 8.56. The average Bonchev–Trinajstić information content (AvgIpc) is 2.36. The number of rotatable bonds is 7. The zero-order valence-electron chi connectivity index (χ0n) is 13.8. The second-order valence-electron chi connectivity index (χ2n) is 7.38. The van der Waals surface area contributed by atoms with Crippen LogP contribution in [-0.4, -0.2) is 24.1 Å². The lowest BCUT2D eigenvalue weighted by Crippen LogP contribution is -2.34. The van der Waals surface area contributed by atoms with Crippen molar-refractivity contribution in [1.82, 2.24) is 5.32 Å². The number of hydrogen-bond acceptors (Lipinski definition) is 2. The highest BCUT2D eigenvalue weighted by Crippen LogP contribution is 2.39. The Balaban J connectivity index is 2.12. The summed E-state index contributed by atoms with van der Waals surface area (Å²) in [4.78, 5) is 0. The van der Waals surface area contributed by atoms with Gasteiger partial charge in [0.2, 0.25) is 0 Å². The van der Waals surface area contributed by atoms with Crippen molar-refractivity contribution in [2.45, 2.75) is 72.8 Å². The normalized spacial score (nSPS) is 26.4. The molecule has 1 N–H and O–H groups in total. The summed E-state index contributed by atoms with van der Waals surface area (Å²) in [7, 11) is 0. The van der Waals surface area contributed by atoms with Crippen LogP contribution in [0.4, 0.5) is 0 Å². The first-order valence-electron chi connectivity index (χ1n) is 8.24. The smallest absolute Gasteiger partial charge is 0.00466 e. The van der Waals surface area contributed by atoms with Crippen molar-refractivity contribution in [1.29, 1.82) is 0 Å². The SMILES string of the molecule is CCSCCC(C)NCC1CCC(C(C)(C)C)CC1. The maximum Gasteiger partial charge on any atom is 0.00466 e. The Bertz CT molecular complexity index is 226. The van der Waals surface area contributed by atoms with Crippen molar-refractivity contribution < 1.29 is 0 Å². The molecule has 0 aromatic carbocycles. The molecule has 0 bridgehead atoms. The highest BCUT2D eigenvalue weighted by Gasteiger charge is 2.29. The average molecular weight is 286 g/mol. The molecule has 1 aliphatic carbocycles. The third-order valence-electron chi connectivity index (χ3n) is 4.73. The molecule has 1 rings (SSSR count).